The highest BCUT2D eigenvalue weighted by molar-refractivity contribution is 6.32. The maximum Gasteiger partial charge on any atom is 0.331 e. The van der Waals surface area contributed by atoms with Crippen molar-refractivity contribution in [1.29, 1.82) is 0 Å². The Morgan fingerprint density at radius 3 is 2.44 bits per heavy atom. The molecule has 0 atom stereocenters. The number of carbonyl (C=O) groups is 1. The number of hydrogen-bond acceptors (Lipinski definition) is 5. The van der Waals surface area contributed by atoms with E-state index < -0.39 is 10.9 Å². The summed E-state index contributed by atoms with van der Waals surface area (Å²) in [5.41, 5.74) is 0.858. The molecule has 1 heterocycles. The maximum atomic E-state index is 12.7. The van der Waals surface area contributed by atoms with Gasteiger partial charge in [-0.1, -0.05) is 30.7 Å². The van der Waals surface area contributed by atoms with Gasteiger partial charge < -0.3 is 4.74 Å². The molecule has 3 rings (SSSR count). The normalized spacial score (nSPS) is 10.9. The van der Waals surface area contributed by atoms with Crippen LogP contribution in [-0.2, 0) is 17.9 Å². The monoisotopic (exact) mass is 389 g/mol. The van der Waals surface area contributed by atoms with Crippen LogP contribution in [0.15, 0.2) is 47.3 Å². The molecular weight excluding hydrogens is 374 g/mol. The van der Waals surface area contributed by atoms with E-state index in [4.69, 9.17) is 16.3 Å². The van der Waals surface area contributed by atoms with E-state index in [1.807, 2.05) is 19.1 Å². The molecule has 0 amide bonds. The molecule has 9 heteroatoms. The van der Waals surface area contributed by atoms with Crippen molar-refractivity contribution in [3.05, 3.63) is 68.1 Å². The third-order valence-corrected chi connectivity index (χ3v) is 4.31. The van der Waals surface area contributed by atoms with Crippen LogP contribution in [0.25, 0.3) is 11.0 Å². The number of aryl methyl sites for hydroxylation is 1. The fraction of sp³-hybridized carbons (Fsp3) is 0.222. The second-order valence-electron chi connectivity index (χ2n) is 5.85. The number of rotatable bonds is 6. The average molecular weight is 390 g/mol. The van der Waals surface area contributed by atoms with Gasteiger partial charge in [-0.3, -0.25) is 19.2 Å². The van der Waals surface area contributed by atoms with Gasteiger partial charge in [-0.05, 0) is 24.6 Å². The van der Waals surface area contributed by atoms with Crippen LogP contribution >= 0.6 is 11.6 Å². The minimum atomic E-state index is -0.702. The summed E-state index contributed by atoms with van der Waals surface area (Å²) in [6.07, 6.45) is 0.775. The topological polar surface area (TPSA) is 96.4 Å². The molecule has 0 aliphatic heterocycles. The lowest BCUT2D eigenvalue weighted by Gasteiger charge is -2.07. The second-order valence-corrected chi connectivity index (χ2v) is 6.26. The number of para-hydroxylation sites is 2. The van der Waals surface area contributed by atoms with Crippen LogP contribution in [0.1, 0.15) is 13.3 Å². The smallest absolute Gasteiger partial charge is 0.331 e. The van der Waals surface area contributed by atoms with Crippen LogP contribution in [0.2, 0.25) is 5.02 Å². The molecule has 0 aliphatic rings. The standard InChI is InChI=1S/C18H16ClN3O5/c1-2-9-20-14-5-3-4-6-15(14)21(18(20)24)11-17(23)27-16-8-7-12(22(25)26)10-13(16)19/h3-8,10H,2,9,11H2,1H3. The molecule has 27 heavy (non-hydrogen) atoms. The van der Waals surface area contributed by atoms with E-state index in [1.54, 1.807) is 16.7 Å². The number of nitro groups is 1. The van der Waals surface area contributed by atoms with Crippen LogP contribution in [-0.4, -0.2) is 20.0 Å². The van der Waals surface area contributed by atoms with Crippen LogP contribution in [0, 0.1) is 10.1 Å². The van der Waals surface area contributed by atoms with E-state index in [-0.39, 0.29) is 28.7 Å². The summed E-state index contributed by atoms with van der Waals surface area (Å²) in [5, 5.41) is 10.7. The van der Waals surface area contributed by atoms with Gasteiger partial charge in [-0.25, -0.2) is 9.59 Å². The van der Waals surface area contributed by atoms with Crippen LogP contribution in [0.5, 0.6) is 5.75 Å². The van der Waals surface area contributed by atoms with Gasteiger partial charge in [0.1, 0.15) is 12.3 Å². The van der Waals surface area contributed by atoms with Gasteiger partial charge in [-0.15, -0.1) is 0 Å². The molecule has 1 aromatic heterocycles. The molecule has 0 fully saturated rings. The summed E-state index contributed by atoms with van der Waals surface area (Å²) in [6, 6.07) is 10.7. The molecule has 140 valence electrons. The number of benzene rings is 2. The Kier molecular flexibility index (Phi) is 5.27. The number of esters is 1. The zero-order valence-electron chi connectivity index (χ0n) is 14.4. The molecule has 0 spiro atoms. The van der Waals surface area contributed by atoms with Crippen molar-refractivity contribution in [1.82, 2.24) is 9.13 Å². The first-order valence-electron chi connectivity index (χ1n) is 8.25. The van der Waals surface area contributed by atoms with Gasteiger partial charge in [0, 0.05) is 18.7 Å². The van der Waals surface area contributed by atoms with Gasteiger partial charge in [-0.2, -0.15) is 0 Å². The lowest BCUT2D eigenvalue weighted by Crippen LogP contribution is -2.28. The minimum Gasteiger partial charge on any atom is -0.424 e. The summed E-state index contributed by atoms with van der Waals surface area (Å²) < 4.78 is 8.15. The molecule has 0 N–H and O–H groups in total. The molecule has 2 aromatic carbocycles. The predicted octanol–water partition coefficient (Wildman–Crippen LogP) is 3.38. The Morgan fingerprint density at radius 1 is 1.19 bits per heavy atom. The van der Waals surface area contributed by atoms with Crippen LogP contribution in [0.4, 0.5) is 5.69 Å². The Hall–Kier alpha value is -3.13. The molecular formula is C18H16ClN3O5. The van der Waals surface area contributed by atoms with Crippen molar-refractivity contribution >= 4 is 34.3 Å². The Labute approximate surface area is 158 Å². The van der Waals surface area contributed by atoms with Gasteiger partial charge in [0.25, 0.3) is 5.69 Å². The lowest BCUT2D eigenvalue weighted by molar-refractivity contribution is -0.384. The summed E-state index contributed by atoms with van der Waals surface area (Å²) in [5.74, 6) is -0.704. The van der Waals surface area contributed by atoms with Gasteiger partial charge in [0.05, 0.1) is 21.0 Å². The zero-order chi connectivity index (χ0) is 19.6. The number of nitro benzene ring substituents is 1. The number of halogens is 1. The highest BCUT2D eigenvalue weighted by Gasteiger charge is 2.18. The molecule has 8 nitrogen and oxygen atoms in total. The highest BCUT2D eigenvalue weighted by Crippen LogP contribution is 2.28. The number of imidazole rings is 1. The second kappa shape index (κ2) is 7.63. The van der Waals surface area contributed by atoms with Crippen molar-refractivity contribution in [2.75, 3.05) is 0 Å². The fourth-order valence-electron chi connectivity index (χ4n) is 2.84. The van der Waals surface area contributed by atoms with Crippen molar-refractivity contribution in [3.8, 4) is 5.75 Å². The fourth-order valence-corrected chi connectivity index (χ4v) is 3.05. The van der Waals surface area contributed by atoms with E-state index in [0.29, 0.717) is 12.1 Å². The van der Waals surface area contributed by atoms with E-state index in [9.17, 15) is 19.7 Å². The summed E-state index contributed by atoms with van der Waals surface area (Å²) in [7, 11) is 0. The molecule has 0 aliphatic carbocycles. The van der Waals surface area contributed by atoms with E-state index in [1.165, 1.54) is 16.7 Å². The van der Waals surface area contributed by atoms with Gasteiger partial charge in [0.15, 0.2) is 0 Å². The van der Waals surface area contributed by atoms with Crippen molar-refractivity contribution in [2.24, 2.45) is 0 Å². The molecule has 0 unspecified atom stereocenters. The first-order chi connectivity index (χ1) is 12.9. The Balaban J connectivity index is 1.88. The van der Waals surface area contributed by atoms with Crippen molar-refractivity contribution in [3.63, 3.8) is 0 Å². The molecule has 3 aromatic rings. The predicted molar refractivity (Wildman–Crippen MR) is 100 cm³/mol. The van der Waals surface area contributed by atoms with Crippen molar-refractivity contribution in [2.45, 2.75) is 26.4 Å². The SMILES string of the molecule is CCCn1c(=O)n(CC(=O)Oc2ccc([N+](=O)[O-])cc2Cl)c2ccccc21. The number of hydrogen-bond donors (Lipinski definition) is 0. The molecule has 0 saturated heterocycles. The zero-order valence-corrected chi connectivity index (χ0v) is 15.2. The quantitative estimate of drug-likeness (QED) is 0.278. The molecule has 0 radical (unpaired) electrons. The minimum absolute atomic E-state index is 0.00221. The summed E-state index contributed by atoms with van der Waals surface area (Å²) >= 11 is 5.94. The highest BCUT2D eigenvalue weighted by atomic mass is 35.5. The Bertz CT molecular complexity index is 1090. The lowest BCUT2D eigenvalue weighted by atomic mass is 10.3. The molecule has 0 saturated carbocycles. The number of fused-ring (bicyclic) bond motifs is 1. The van der Waals surface area contributed by atoms with Crippen LogP contribution in [0.3, 0.4) is 0 Å². The van der Waals surface area contributed by atoms with Gasteiger partial charge >= 0.3 is 11.7 Å². The Morgan fingerprint density at radius 2 is 1.85 bits per heavy atom. The van der Waals surface area contributed by atoms with E-state index >= 15 is 0 Å². The number of ether oxygens (including phenoxy) is 1. The van der Waals surface area contributed by atoms with Crippen LogP contribution < -0.4 is 10.4 Å². The molecule has 0 bridgehead atoms. The first kappa shape index (κ1) is 18.7. The van der Waals surface area contributed by atoms with Crippen molar-refractivity contribution < 1.29 is 14.5 Å². The number of aromatic nitrogens is 2. The maximum absolute atomic E-state index is 12.7. The average Bonchev–Trinajstić information content (AvgIpc) is 2.89. The van der Waals surface area contributed by atoms with Gasteiger partial charge in [0.2, 0.25) is 0 Å². The van der Waals surface area contributed by atoms with E-state index in [2.05, 4.69) is 0 Å². The number of carbonyl (C=O) groups excluding carboxylic acids is 1. The number of nitrogens with zero attached hydrogens (tertiary/aromatic N) is 3. The summed E-state index contributed by atoms with van der Waals surface area (Å²) in [4.78, 5) is 35.1. The number of non-ortho nitro benzene ring substituents is 1. The third kappa shape index (κ3) is 3.70. The van der Waals surface area contributed by atoms with E-state index in [0.717, 1.165) is 18.0 Å². The summed E-state index contributed by atoms with van der Waals surface area (Å²) in [6.45, 7) is 2.20. The first-order valence-corrected chi connectivity index (χ1v) is 8.63. The third-order valence-electron chi connectivity index (χ3n) is 4.01. The largest absolute Gasteiger partial charge is 0.424 e.